The van der Waals surface area contributed by atoms with Crippen LogP contribution in [0.4, 0.5) is 17.3 Å². The number of hydrogen-bond acceptors (Lipinski definition) is 5. The van der Waals surface area contributed by atoms with Crippen molar-refractivity contribution in [2.75, 3.05) is 41.3 Å². The first-order chi connectivity index (χ1) is 9.69. The van der Waals surface area contributed by atoms with E-state index in [1.165, 1.54) is 12.1 Å². The largest absolute Gasteiger partial charge is 0.372 e. The van der Waals surface area contributed by atoms with E-state index in [4.69, 9.17) is 9.72 Å². The molecular formula is C15H22N4O. The molecule has 2 unspecified atom stereocenters. The van der Waals surface area contributed by atoms with Crippen molar-refractivity contribution in [3.05, 3.63) is 12.1 Å². The lowest BCUT2D eigenvalue weighted by atomic mass is 10.2. The van der Waals surface area contributed by atoms with Gasteiger partial charge in [-0.1, -0.05) is 0 Å². The van der Waals surface area contributed by atoms with Gasteiger partial charge < -0.3 is 19.9 Å². The minimum atomic E-state index is 0.268. The van der Waals surface area contributed by atoms with E-state index in [9.17, 15) is 0 Å². The molecule has 1 N–H and O–H groups in total. The molecule has 2 saturated heterocycles. The third-order valence-electron chi connectivity index (χ3n) is 4.47. The summed E-state index contributed by atoms with van der Waals surface area (Å²) < 4.78 is 5.80. The molecule has 2 bridgehead atoms. The van der Waals surface area contributed by atoms with E-state index in [1.807, 2.05) is 0 Å². The zero-order valence-electron chi connectivity index (χ0n) is 12.2. The van der Waals surface area contributed by atoms with Crippen molar-refractivity contribution in [2.24, 2.45) is 0 Å². The van der Waals surface area contributed by atoms with Gasteiger partial charge in [-0.25, -0.2) is 4.98 Å². The second kappa shape index (κ2) is 4.52. The van der Waals surface area contributed by atoms with Crippen molar-refractivity contribution in [2.45, 2.75) is 38.5 Å². The number of anilines is 3. The standard InChI is InChI=1S/C15H22N4O/c1-10-7-19(8-11(2)20-10)14-4-3-13-15(17-14)16-12-5-6-18(13)9-12/h3-4,10-12H,5-9H2,1-2H3,(H,16,17)/t10?,11?,12-/m0/s1. The molecular weight excluding hydrogens is 252 g/mol. The maximum Gasteiger partial charge on any atom is 0.152 e. The van der Waals surface area contributed by atoms with Crippen LogP contribution in [-0.2, 0) is 4.74 Å². The highest BCUT2D eigenvalue weighted by Crippen LogP contribution is 2.35. The molecule has 2 fully saturated rings. The van der Waals surface area contributed by atoms with Crippen molar-refractivity contribution in [3.8, 4) is 0 Å². The van der Waals surface area contributed by atoms with Crippen LogP contribution in [0.1, 0.15) is 20.3 Å². The summed E-state index contributed by atoms with van der Waals surface area (Å²) in [5.41, 5.74) is 1.26. The summed E-state index contributed by atoms with van der Waals surface area (Å²) in [4.78, 5) is 9.65. The molecule has 4 rings (SSSR count). The Morgan fingerprint density at radius 1 is 1.15 bits per heavy atom. The number of nitrogens with zero attached hydrogens (tertiary/aromatic N) is 3. The number of hydrogen-bond donors (Lipinski definition) is 1. The first kappa shape index (κ1) is 12.3. The lowest BCUT2D eigenvalue weighted by Gasteiger charge is -2.37. The zero-order chi connectivity index (χ0) is 13.7. The Labute approximate surface area is 119 Å². The van der Waals surface area contributed by atoms with Crippen molar-refractivity contribution in [3.63, 3.8) is 0 Å². The molecule has 5 nitrogen and oxygen atoms in total. The Bertz CT molecular complexity index is 511. The summed E-state index contributed by atoms with van der Waals surface area (Å²) >= 11 is 0. The van der Waals surface area contributed by atoms with Crippen LogP contribution in [0.2, 0.25) is 0 Å². The molecule has 3 aliphatic heterocycles. The van der Waals surface area contributed by atoms with Gasteiger partial charge in [-0.3, -0.25) is 0 Å². The third-order valence-corrected chi connectivity index (χ3v) is 4.47. The number of nitrogens with one attached hydrogen (secondary N) is 1. The molecule has 0 spiro atoms. The molecule has 4 heterocycles. The van der Waals surface area contributed by atoms with Crippen LogP contribution in [0.5, 0.6) is 0 Å². The first-order valence-corrected chi connectivity index (χ1v) is 7.62. The molecule has 5 heteroatoms. The van der Waals surface area contributed by atoms with E-state index in [-0.39, 0.29) is 12.2 Å². The molecule has 108 valence electrons. The monoisotopic (exact) mass is 274 g/mol. The van der Waals surface area contributed by atoms with Crippen LogP contribution in [0, 0.1) is 0 Å². The number of morpholine rings is 1. The molecule has 3 aliphatic rings. The van der Waals surface area contributed by atoms with E-state index >= 15 is 0 Å². The third kappa shape index (κ3) is 2.00. The molecule has 0 saturated carbocycles. The number of ether oxygens (including phenoxy) is 1. The molecule has 20 heavy (non-hydrogen) atoms. The first-order valence-electron chi connectivity index (χ1n) is 7.62. The van der Waals surface area contributed by atoms with E-state index in [0.717, 1.165) is 37.8 Å². The second-order valence-corrected chi connectivity index (χ2v) is 6.28. The number of fused-ring (bicyclic) bond motifs is 4. The summed E-state index contributed by atoms with van der Waals surface area (Å²) in [5.74, 6) is 2.13. The Morgan fingerprint density at radius 2 is 1.95 bits per heavy atom. The van der Waals surface area contributed by atoms with Crippen molar-refractivity contribution in [1.29, 1.82) is 0 Å². The number of pyridine rings is 1. The van der Waals surface area contributed by atoms with Crippen LogP contribution >= 0.6 is 0 Å². The molecule has 0 radical (unpaired) electrons. The molecule has 1 aromatic heterocycles. The Hall–Kier alpha value is -1.49. The SMILES string of the molecule is CC1CN(c2ccc3c(n2)N[C@H]2CCN3C2)CC(C)O1. The summed E-state index contributed by atoms with van der Waals surface area (Å²) in [7, 11) is 0. The quantitative estimate of drug-likeness (QED) is 0.844. The Kier molecular flexibility index (Phi) is 2.77. The average Bonchev–Trinajstić information content (AvgIpc) is 2.80. The normalized spacial score (nSPS) is 32.0. The van der Waals surface area contributed by atoms with Gasteiger partial charge in [0.05, 0.1) is 17.9 Å². The van der Waals surface area contributed by atoms with Crippen molar-refractivity contribution < 1.29 is 4.74 Å². The van der Waals surface area contributed by atoms with Crippen LogP contribution in [0.15, 0.2) is 12.1 Å². The van der Waals surface area contributed by atoms with Gasteiger partial charge >= 0.3 is 0 Å². The summed E-state index contributed by atoms with van der Waals surface area (Å²) in [6.45, 7) is 8.38. The molecule has 1 aromatic rings. The Morgan fingerprint density at radius 3 is 2.75 bits per heavy atom. The maximum absolute atomic E-state index is 5.80. The molecule has 0 amide bonds. The van der Waals surface area contributed by atoms with Crippen LogP contribution in [-0.4, -0.2) is 49.4 Å². The predicted octanol–water partition coefficient (Wildman–Crippen LogP) is 1.70. The van der Waals surface area contributed by atoms with E-state index in [1.54, 1.807) is 0 Å². The summed E-state index contributed by atoms with van der Waals surface area (Å²) in [6, 6.07) is 4.95. The highest BCUT2D eigenvalue weighted by molar-refractivity contribution is 5.72. The van der Waals surface area contributed by atoms with Crippen LogP contribution < -0.4 is 15.1 Å². The van der Waals surface area contributed by atoms with Gasteiger partial charge in [-0.2, -0.15) is 0 Å². The highest BCUT2D eigenvalue weighted by Gasteiger charge is 2.31. The fourth-order valence-corrected chi connectivity index (χ4v) is 3.63. The molecule has 0 aliphatic carbocycles. The fraction of sp³-hybridized carbons (Fsp3) is 0.667. The van der Waals surface area contributed by atoms with Gasteiger partial charge in [-0.05, 0) is 32.4 Å². The predicted molar refractivity (Wildman–Crippen MR) is 80.7 cm³/mol. The minimum Gasteiger partial charge on any atom is -0.372 e. The van der Waals surface area contributed by atoms with Gasteiger partial charge in [-0.15, -0.1) is 0 Å². The second-order valence-electron chi connectivity index (χ2n) is 6.28. The number of rotatable bonds is 1. The molecule has 3 atom stereocenters. The lowest BCUT2D eigenvalue weighted by Crippen LogP contribution is -2.46. The van der Waals surface area contributed by atoms with E-state index in [0.29, 0.717) is 6.04 Å². The van der Waals surface area contributed by atoms with E-state index in [2.05, 4.69) is 41.1 Å². The van der Waals surface area contributed by atoms with Gasteiger partial charge in [0.15, 0.2) is 5.82 Å². The van der Waals surface area contributed by atoms with Crippen molar-refractivity contribution >= 4 is 17.3 Å². The zero-order valence-corrected chi connectivity index (χ0v) is 12.2. The lowest BCUT2D eigenvalue weighted by molar-refractivity contribution is -0.00545. The topological polar surface area (TPSA) is 40.6 Å². The fourth-order valence-electron chi connectivity index (χ4n) is 3.63. The van der Waals surface area contributed by atoms with Crippen molar-refractivity contribution in [1.82, 2.24) is 4.98 Å². The summed E-state index contributed by atoms with van der Waals surface area (Å²) in [6.07, 6.45) is 1.76. The van der Waals surface area contributed by atoms with Gasteiger partial charge in [0.25, 0.3) is 0 Å². The Balaban J connectivity index is 1.62. The van der Waals surface area contributed by atoms with Crippen LogP contribution in [0.25, 0.3) is 0 Å². The van der Waals surface area contributed by atoms with Gasteiger partial charge in [0.2, 0.25) is 0 Å². The minimum absolute atomic E-state index is 0.268. The molecule has 0 aromatic carbocycles. The smallest absolute Gasteiger partial charge is 0.152 e. The van der Waals surface area contributed by atoms with E-state index < -0.39 is 0 Å². The highest BCUT2D eigenvalue weighted by atomic mass is 16.5. The number of aromatic nitrogens is 1. The average molecular weight is 274 g/mol. The van der Waals surface area contributed by atoms with Gasteiger partial charge in [0, 0.05) is 32.2 Å². The van der Waals surface area contributed by atoms with Gasteiger partial charge in [0.1, 0.15) is 5.82 Å². The summed E-state index contributed by atoms with van der Waals surface area (Å²) in [5, 5.41) is 3.58. The maximum atomic E-state index is 5.80. The van der Waals surface area contributed by atoms with Crippen LogP contribution in [0.3, 0.4) is 0 Å².